The molecule has 0 aliphatic heterocycles. The van der Waals surface area contributed by atoms with Gasteiger partial charge in [0.25, 0.3) is 0 Å². The van der Waals surface area contributed by atoms with Gasteiger partial charge in [-0.15, -0.1) is 11.6 Å². The molecule has 0 aromatic rings. The van der Waals surface area contributed by atoms with E-state index >= 15 is 0 Å². The fraction of sp³-hybridized carbons (Fsp3) is 1.00. The summed E-state index contributed by atoms with van der Waals surface area (Å²) in [6, 6.07) is 0. The molecule has 0 heterocycles. The summed E-state index contributed by atoms with van der Waals surface area (Å²) in [5.74, 6) is 0. The zero-order valence-electron chi connectivity index (χ0n) is 5.55. The number of hydrogen-bond donors (Lipinski definition) is 2. The van der Waals surface area contributed by atoms with Gasteiger partial charge in [0, 0.05) is 0 Å². The van der Waals surface area contributed by atoms with E-state index in [2.05, 4.69) is 0 Å². The molecular formula is C6H13ClO2. The molecule has 0 saturated heterocycles. The lowest BCUT2D eigenvalue weighted by Gasteiger charge is -2.12. The fourth-order valence-corrected chi connectivity index (χ4v) is 0.880. The number of aliphatic hydroxyl groups excluding tert-OH is 2. The van der Waals surface area contributed by atoms with E-state index in [9.17, 15) is 0 Å². The molecule has 0 aliphatic rings. The second kappa shape index (κ2) is 5.03. The molecule has 2 atom stereocenters. The maximum Gasteiger partial charge on any atom is 0.0933 e. The normalized spacial score (nSPS) is 17.3. The molecule has 2 N–H and O–H groups in total. The van der Waals surface area contributed by atoms with Crippen molar-refractivity contribution in [2.45, 2.75) is 31.2 Å². The van der Waals surface area contributed by atoms with E-state index in [-0.39, 0.29) is 12.0 Å². The summed E-state index contributed by atoms with van der Waals surface area (Å²) in [5, 5.41) is 17.0. The van der Waals surface area contributed by atoms with Gasteiger partial charge in [-0.1, -0.05) is 13.3 Å². The van der Waals surface area contributed by atoms with Crippen molar-refractivity contribution < 1.29 is 10.2 Å². The van der Waals surface area contributed by atoms with E-state index in [4.69, 9.17) is 21.8 Å². The Morgan fingerprint density at radius 2 is 2.11 bits per heavy atom. The Labute approximate surface area is 60.5 Å². The van der Waals surface area contributed by atoms with Crippen LogP contribution in [0.2, 0.25) is 0 Å². The van der Waals surface area contributed by atoms with Crippen LogP contribution in [0.3, 0.4) is 0 Å². The van der Waals surface area contributed by atoms with Gasteiger partial charge in [-0.3, -0.25) is 0 Å². The summed E-state index contributed by atoms with van der Waals surface area (Å²) in [7, 11) is 0. The number of alkyl halides is 1. The van der Waals surface area contributed by atoms with Crippen LogP contribution in [0.5, 0.6) is 0 Å². The Kier molecular flexibility index (Phi) is 5.15. The average Bonchev–Trinajstić information content (AvgIpc) is 1.87. The van der Waals surface area contributed by atoms with Gasteiger partial charge < -0.3 is 10.2 Å². The van der Waals surface area contributed by atoms with Gasteiger partial charge in [0.1, 0.15) is 0 Å². The van der Waals surface area contributed by atoms with Crippen LogP contribution in [0.4, 0.5) is 0 Å². The van der Waals surface area contributed by atoms with Gasteiger partial charge in [-0.25, -0.2) is 0 Å². The third-order valence-corrected chi connectivity index (χ3v) is 1.68. The minimum absolute atomic E-state index is 0.242. The van der Waals surface area contributed by atoms with Crippen LogP contribution in [0.1, 0.15) is 19.8 Å². The second-order valence-corrected chi connectivity index (χ2v) is 2.62. The highest BCUT2D eigenvalue weighted by atomic mass is 35.5. The largest absolute Gasteiger partial charge is 0.394 e. The first-order chi connectivity index (χ1) is 4.22. The lowest BCUT2D eigenvalue weighted by atomic mass is 10.2. The molecule has 0 radical (unpaired) electrons. The maximum atomic E-state index is 8.88. The van der Waals surface area contributed by atoms with Crippen molar-refractivity contribution in [2.24, 2.45) is 0 Å². The summed E-state index contributed by atoms with van der Waals surface area (Å²) >= 11 is 5.62. The smallest absolute Gasteiger partial charge is 0.0933 e. The number of rotatable bonds is 4. The molecule has 9 heavy (non-hydrogen) atoms. The van der Waals surface area contributed by atoms with Gasteiger partial charge in [0.15, 0.2) is 0 Å². The van der Waals surface area contributed by atoms with E-state index in [1.807, 2.05) is 6.92 Å². The molecule has 0 unspecified atom stereocenters. The van der Waals surface area contributed by atoms with Crippen molar-refractivity contribution >= 4 is 11.6 Å². The van der Waals surface area contributed by atoms with E-state index < -0.39 is 6.10 Å². The van der Waals surface area contributed by atoms with Crippen molar-refractivity contribution in [3.05, 3.63) is 0 Å². The average molecular weight is 153 g/mol. The standard InChI is InChI=1S/C6H13ClO2/c1-2-3-5(7)6(9)4-8/h5-6,8-9H,2-4H2,1H3/t5-,6-/m1/s1. The SMILES string of the molecule is CCC[C@@H](Cl)[C@H](O)CO. The van der Waals surface area contributed by atoms with Crippen LogP contribution in [0.15, 0.2) is 0 Å². The lowest BCUT2D eigenvalue weighted by Crippen LogP contribution is -2.24. The van der Waals surface area contributed by atoms with Crippen LogP contribution < -0.4 is 0 Å². The molecule has 0 fully saturated rings. The van der Waals surface area contributed by atoms with E-state index in [0.29, 0.717) is 0 Å². The molecule has 0 spiro atoms. The highest BCUT2D eigenvalue weighted by Crippen LogP contribution is 2.08. The molecule has 0 aromatic heterocycles. The third-order valence-electron chi connectivity index (χ3n) is 1.17. The van der Waals surface area contributed by atoms with E-state index in [0.717, 1.165) is 12.8 Å². The van der Waals surface area contributed by atoms with Crippen LogP contribution in [0, 0.1) is 0 Å². The number of aliphatic hydroxyl groups is 2. The molecule has 0 bridgehead atoms. The van der Waals surface area contributed by atoms with Gasteiger partial charge in [-0.2, -0.15) is 0 Å². The Hall–Kier alpha value is 0.210. The Morgan fingerprint density at radius 1 is 1.56 bits per heavy atom. The molecule has 0 saturated carbocycles. The predicted molar refractivity (Wildman–Crippen MR) is 37.6 cm³/mol. The van der Waals surface area contributed by atoms with Crippen LogP contribution in [-0.2, 0) is 0 Å². The summed E-state index contributed by atoms with van der Waals surface area (Å²) in [6.07, 6.45) is 0.931. The minimum Gasteiger partial charge on any atom is -0.394 e. The lowest BCUT2D eigenvalue weighted by molar-refractivity contribution is 0.0895. The maximum absolute atomic E-state index is 8.88. The summed E-state index contributed by atoms with van der Waals surface area (Å²) in [5.41, 5.74) is 0. The van der Waals surface area contributed by atoms with Crippen molar-refractivity contribution in [1.82, 2.24) is 0 Å². The molecule has 0 amide bonds. The first kappa shape index (κ1) is 9.21. The predicted octanol–water partition coefficient (Wildman–Crippen LogP) is 0.747. The highest BCUT2D eigenvalue weighted by molar-refractivity contribution is 6.21. The summed E-state index contributed by atoms with van der Waals surface area (Å²) < 4.78 is 0. The van der Waals surface area contributed by atoms with Crippen LogP contribution >= 0.6 is 11.6 Å². The Balaban J connectivity index is 3.32. The number of halogens is 1. The summed E-state index contributed by atoms with van der Waals surface area (Å²) in [6.45, 7) is 1.74. The minimum atomic E-state index is -0.758. The Bertz CT molecular complexity index is 68.1. The van der Waals surface area contributed by atoms with Gasteiger partial charge in [0.05, 0.1) is 18.1 Å². The van der Waals surface area contributed by atoms with Crippen molar-refractivity contribution in [3.8, 4) is 0 Å². The third kappa shape index (κ3) is 3.73. The summed E-state index contributed by atoms with van der Waals surface area (Å²) in [4.78, 5) is 0. The molecule has 0 aromatic carbocycles. The molecule has 0 rings (SSSR count). The molecular weight excluding hydrogens is 140 g/mol. The van der Waals surface area contributed by atoms with Gasteiger partial charge >= 0.3 is 0 Å². The van der Waals surface area contributed by atoms with Crippen molar-refractivity contribution in [1.29, 1.82) is 0 Å². The Morgan fingerprint density at radius 3 is 2.44 bits per heavy atom. The zero-order valence-corrected chi connectivity index (χ0v) is 6.30. The molecule has 3 heteroatoms. The van der Waals surface area contributed by atoms with Gasteiger partial charge in [-0.05, 0) is 6.42 Å². The molecule has 2 nitrogen and oxygen atoms in total. The van der Waals surface area contributed by atoms with E-state index in [1.165, 1.54) is 0 Å². The van der Waals surface area contributed by atoms with E-state index in [1.54, 1.807) is 0 Å². The topological polar surface area (TPSA) is 40.5 Å². The molecule has 56 valence electrons. The second-order valence-electron chi connectivity index (χ2n) is 2.05. The quantitative estimate of drug-likeness (QED) is 0.584. The van der Waals surface area contributed by atoms with Crippen LogP contribution in [0.25, 0.3) is 0 Å². The molecule has 0 aliphatic carbocycles. The van der Waals surface area contributed by atoms with Crippen molar-refractivity contribution in [3.63, 3.8) is 0 Å². The zero-order chi connectivity index (χ0) is 7.28. The fourth-order valence-electron chi connectivity index (χ4n) is 0.583. The van der Waals surface area contributed by atoms with Crippen molar-refractivity contribution in [2.75, 3.05) is 6.61 Å². The monoisotopic (exact) mass is 152 g/mol. The highest BCUT2D eigenvalue weighted by Gasteiger charge is 2.12. The number of hydrogen-bond acceptors (Lipinski definition) is 2. The van der Waals surface area contributed by atoms with Gasteiger partial charge in [0.2, 0.25) is 0 Å². The first-order valence-corrected chi connectivity index (χ1v) is 3.59. The first-order valence-electron chi connectivity index (χ1n) is 3.15. The van der Waals surface area contributed by atoms with Crippen LogP contribution in [-0.4, -0.2) is 28.3 Å².